The van der Waals surface area contributed by atoms with E-state index in [1.165, 1.54) is 13.8 Å². The van der Waals surface area contributed by atoms with Crippen molar-refractivity contribution in [2.75, 3.05) is 26.3 Å². The highest BCUT2D eigenvalue weighted by Gasteiger charge is 2.20. The maximum Gasteiger partial charge on any atom is 0.510 e. The zero-order chi connectivity index (χ0) is 35.5. The number of ether oxygens (including phenoxy) is 6. The summed E-state index contributed by atoms with van der Waals surface area (Å²) in [4.78, 5) is 43.4. The van der Waals surface area contributed by atoms with Crippen LogP contribution in [0.2, 0.25) is 0 Å². The van der Waals surface area contributed by atoms with Crippen molar-refractivity contribution in [3.8, 4) is 0 Å². The molecule has 0 aliphatic heterocycles. The highest BCUT2D eigenvalue weighted by Crippen LogP contribution is 2.08. The van der Waals surface area contributed by atoms with E-state index in [0.29, 0.717) is 12.8 Å². The lowest BCUT2D eigenvalue weighted by molar-refractivity contribution is 0.0139. The zero-order valence-electron chi connectivity index (χ0n) is 28.2. The van der Waals surface area contributed by atoms with Gasteiger partial charge in [0.1, 0.15) is 17.3 Å². The normalized spacial score (nSPS) is 12.9. The Hall–Kier alpha value is -1.93. The van der Waals surface area contributed by atoms with E-state index in [4.69, 9.17) is 58.9 Å². The number of hydrogen-bond donors (Lipinski definition) is 3. The average Bonchev–Trinajstić information content (AvgIpc) is 2.83. The van der Waals surface area contributed by atoms with E-state index < -0.39 is 58.3 Å². The van der Waals surface area contributed by atoms with Gasteiger partial charge >= 0.3 is 23.8 Å². The number of hydrogen-bond acceptors (Lipinski definition) is 11. The molecule has 0 heterocycles. The summed E-state index contributed by atoms with van der Waals surface area (Å²) in [5.41, 5.74) is -3.32. The number of carbonyl (C=O) groups is 4. The number of aliphatic hydroxyl groups excluding tert-OH is 1. The molecule has 0 saturated carbocycles. The highest BCUT2D eigenvalue weighted by molar-refractivity contribution is 6.61. The van der Waals surface area contributed by atoms with E-state index in [0.717, 1.165) is 13.2 Å². The summed E-state index contributed by atoms with van der Waals surface area (Å²) in [5, 5.41) is 14.1. The van der Waals surface area contributed by atoms with Crippen LogP contribution in [0.25, 0.3) is 0 Å². The smallest absolute Gasteiger partial charge is 0.444 e. The van der Waals surface area contributed by atoms with Crippen molar-refractivity contribution in [3.63, 3.8) is 0 Å². The topological polar surface area (TPSA) is 168 Å². The second kappa shape index (κ2) is 30.7. The third-order valence-electron chi connectivity index (χ3n) is 3.87. The average molecular weight is 718 g/mol. The van der Waals surface area contributed by atoms with Crippen molar-refractivity contribution in [2.45, 2.75) is 138 Å². The molecular formula is C29H59Cl3N2O11. The van der Waals surface area contributed by atoms with Crippen molar-refractivity contribution in [2.24, 2.45) is 0 Å². The second-order valence-electron chi connectivity index (χ2n) is 10.6. The molecule has 45 heavy (non-hydrogen) atoms. The quantitative estimate of drug-likeness (QED) is 0.0821. The van der Waals surface area contributed by atoms with Crippen LogP contribution < -0.4 is 10.6 Å². The van der Waals surface area contributed by atoms with E-state index in [9.17, 15) is 19.2 Å². The van der Waals surface area contributed by atoms with E-state index in [-0.39, 0.29) is 20.5 Å². The van der Waals surface area contributed by atoms with Gasteiger partial charge in [-0.1, -0.05) is 44.5 Å². The van der Waals surface area contributed by atoms with Crippen molar-refractivity contribution in [1.29, 1.82) is 0 Å². The van der Waals surface area contributed by atoms with Crippen LogP contribution in [0, 0.1) is 0 Å². The third-order valence-corrected chi connectivity index (χ3v) is 4.13. The first kappa shape index (κ1) is 52.6. The minimum absolute atomic E-state index is 0. The van der Waals surface area contributed by atoms with Crippen LogP contribution in [0.5, 0.6) is 0 Å². The molecule has 0 radical (unpaired) electrons. The van der Waals surface area contributed by atoms with Gasteiger partial charge in [0.2, 0.25) is 0 Å². The first-order chi connectivity index (χ1) is 20.0. The van der Waals surface area contributed by atoms with Crippen molar-refractivity contribution in [1.82, 2.24) is 10.6 Å². The minimum Gasteiger partial charge on any atom is -0.444 e. The molecule has 3 N–H and O–H groups in total. The fourth-order valence-corrected chi connectivity index (χ4v) is 2.40. The van der Waals surface area contributed by atoms with Gasteiger partial charge in [-0.15, -0.1) is 0 Å². The van der Waals surface area contributed by atoms with Gasteiger partial charge in [0, 0.05) is 31.4 Å². The molecule has 4 unspecified atom stereocenters. The molecule has 0 aliphatic rings. The predicted octanol–water partition coefficient (Wildman–Crippen LogP) is 7.94. The predicted molar refractivity (Wildman–Crippen MR) is 178 cm³/mol. The summed E-state index contributed by atoms with van der Waals surface area (Å²) < 4.78 is 28.6. The van der Waals surface area contributed by atoms with Crippen molar-refractivity contribution < 1.29 is 52.7 Å². The van der Waals surface area contributed by atoms with Crippen LogP contribution in [0.4, 0.5) is 19.2 Å². The van der Waals surface area contributed by atoms with E-state index >= 15 is 0 Å². The minimum atomic E-state index is -0.873. The molecule has 0 aromatic carbocycles. The Morgan fingerprint density at radius 3 is 1.36 bits per heavy atom. The molecule has 4 atom stereocenters. The summed E-state index contributed by atoms with van der Waals surface area (Å²) in [7, 11) is 0. The first-order valence-electron chi connectivity index (χ1n) is 14.2. The molecule has 0 bridgehead atoms. The lowest BCUT2D eigenvalue weighted by Crippen LogP contribution is -2.38. The molecule has 0 saturated heterocycles. The Morgan fingerprint density at radius 1 is 0.711 bits per heavy atom. The van der Waals surface area contributed by atoms with Gasteiger partial charge < -0.3 is 44.2 Å². The van der Waals surface area contributed by atoms with Crippen LogP contribution in [-0.4, -0.2) is 89.7 Å². The number of carbonyl (C=O) groups excluding carboxylic acids is 4. The van der Waals surface area contributed by atoms with Crippen LogP contribution in [0.3, 0.4) is 0 Å². The SMILES string of the molecule is C.CC(Cl)OC(=O)Cl.CCC(CNC(=O)OC(C)(C)C)OC(=O)OC(C)Cl.CCC(O)CNC(=O)OC(C)(C)C.CCOCC. The number of alkyl carbamates (subject to hydrolysis) is 2. The summed E-state index contributed by atoms with van der Waals surface area (Å²) in [6.07, 6.45) is -1.74. The molecule has 0 spiro atoms. The number of aliphatic hydroxyl groups is 1. The molecule has 0 aromatic rings. The Labute approximate surface area is 285 Å². The first-order valence-corrected chi connectivity index (χ1v) is 15.5. The number of alkyl halides is 2. The Morgan fingerprint density at radius 2 is 1.11 bits per heavy atom. The fourth-order valence-electron chi connectivity index (χ4n) is 2.07. The molecule has 272 valence electrons. The molecule has 16 heteroatoms. The summed E-state index contributed by atoms with van der Waals surface area (Å²) >= 11 is 15.4. The largest absolute Gasteiger partial charge is 0.510 e. The van der Waals surface area contributed by atoms with Gasteiger partial charge in [0.25, 0.3) is 0 Å². The Bertz CT molecular complexity index is 759. The van der Waals surface area contributed by atoms with Crippen molar-refractivity contribution in [3.05, 3.63) is 0 Å². The molecule has 0 rings (SSSR count). The molecular weight excluding hydrogens is 659 g/mol. The molecule has 13 nitrogen and oxygen atoms in total. The fraction of sp³-hybridized carbons (Fsp3) is 0.862. The van der Waals surface area contributed by atoms with Crippen LogP contribution in [0.15, 0.2) is 0 Å². The lowest BCUT2D eigenvalue weighted by Gasteiger charge is -2.21. The monoisotopic (exact) mass is 716 g/mol. The standard InChI is InChI=1S/C12H22ClNO5.C9H19NO3.C4H10O.C3H4Cl2O2.CH4/c1-6-9(18-11(16)17-8(2)13)7-14-10(15)19-12(3,4)5;1-5-7(11)6-10-8(12)13-9(2,3)4;1-3-5-4-2;1-2(4)7-3(5)6;/h8-9H,6-7H2,1-5H3,(H,14,15);7,11H,5-6H2,1-4H3,(H,10,12);3-4H2,1-2H3;2H,1H3;1H4. The third kappa shape index (κ3) is 51.9. The number of rotatable bonds is 11. The molecule has 0 aromatic heterocycles. The maximum absolute atomic E-state index is 11.4. The number of amides is 2. The molecule has 2 amide bonds. The van der Waals surface area contributed by atoms with Gasteiger partial charge in [-0.2, -0.15) is 0 Å². The van der Waals surface area contributed by atoms with E-state index in [2.05, 4.69) is 20.1 Å². The van der Waals surface area contributed by atoms with Crippen molar-refractivity contribution >= 4 is 58.6 Å². The number of nitrogens with one attached hydrogen (secondary N) is 2. The molecule has 0 aliphatic carbocycles. The van der Waals surface area contributed by atoms with Gasteiger partial charge in [-0.05, 0) is 82.1 Å². The summed E-state index contributed by atoms with van der Waals surface area (Å²) in [6.45, 7) is 23.4. The van der Waals surface area contributed by atoms with Crippen LogP contribution in [-0.2, 0) is 28.4 Å². The van der Waals surface area contributed by atoms with Gasteiger partial charge in [0.05, 0.1) is 12.6 Å². The Balaban J connectivity index is -0.000000177. The van der Waals surface area contributed by atoms with E-state index in [1.54, 1.807) is 41.5 Å². The number of halogens is 3. The zero-order valence-corrected chi connectivity index (χ0v) is 30.5. The Kier molecular flexibility index (Phi) is 35.9. The maximum atomic E-state index is 11.4. The van der Waals surface area contributed by atoms with E-state index in [1.807, 2.05) is 27.7 Å². The van der Waals surface area contributed by atoms with Crippen LogP contribution >= 0.6 is 34.8 Å². The van der Waals surface area contributed by atoms with Crippen LogP contribution in [0.1, 0.15) is 103 Å². The van der Waals surface area contributed by atoms with Gasteiger partial charge in [0.15, 0.2) is 11.1 Å². The molecule has 0 fully saturated rings. The highest BCUT2D eigenvalue weighted by atomic mass is 35.5. The lowest BCUT2D eigenvalue weighted by atomic mass is 10.2. The summed E-state index contributed by atoms with van der Waals surface area (Å²) in [5.74, 6) is 0. The van der Waals surface area contributed by atoms with Gasteiger partial charge in [-0.3, -0.25) is 0 Å². The summed E-state index contributed by atoms with van der Waals surface area (Å²) in [6, 6.07) is 0. The van der Waals surface area contributed by atoms with Gasteiger partial charge in [-0.25, -0.2) is 19.2 Å². The second-order valence-corrected chi connectivity index (χ2v) is 12.1.